The quantitative estimate of drug-likeness (QED) is 0.786. The van der Waals surface area contributed by atoms with Gasteiger partial charge in [-0.2, -0.15) is 0 Å². The molecule has 1 aromatic rings. The second-order valence-corrected chi connectivity index (χ2v) is 4.99. The van der Waals surface area contributed by atoms with E-state index in [1.807, 2.05) is 6.92 Å². The third-order valence-corrected chi connectivity index (χ3v) is 2.99. The molecule has 4 nitrogen and oxygen atoms in total. The van der Waals surface area contributed by atoms with Gasteiger partial charge < -0.3 is 15.8 Å². The SMILES string of the molecule is C#CCNC(=O)C(C)Oc1cccc(Cl)c1CC(C)N. The summed E-state index contributed by atoms with van der Waals surface area (Å²) < 4.78 is 5.67. The number of hydrogen-bond donors (Lipinski definition) is 2. The predicted molar refractivity (Wildman–Crippen MR) is 80.7 cm³/mol. The smallest absolute Gasteiger partial charge is 0.261 e. The molecular formula is C15H19ClN2O2. The topological polar surface area (TPSA) is 64.3 Å². The lowest BCUT2D eigenvalue weighted by atomic mass is 10.1. The van der Waals surface area contributed by atoms with E-state index in [2.05, 4.69) is 11.2 Å². The van der Waals surface area contributed by atoms with Crippen LogP contribution in [0.5, 0.6) is 5.75 Å². The summed E-state index contributed by atoms with van der Waals surface area (Å²) in [6.07, 6.45) is 5.01. The van der Waals surface area contributed by atoms with Crippen LogP contribution in [0.2, 0.25) is 5.02 Å². The van der Waals surface area contributed by atoms with Gasteiger partial charge in [0, 0.05) is 16.6 Å². The summed E-state index contributed by atoms with van der Waals surface area (Å²) in [5.41, 5.74) is 6.61. The van der Waals surface area contributed by atoms with Crippen molar-refractivity contribution in [3.63, 3.8) is 0 Å². The molecule has 0 heterocycles. The fraction of sp³-hybridized carbons (Fsp3) is 0.400. The molecule has 1 rings (SSSR count). The van der Waals surface area contributed by atoms with Crippen molar-refractivity contribution in [1.82, 2.24) is 5.32 Å². The first-order chi connectivity index (χ1) is 9.45. The Balaban J connectivity index is 2.84. The van der Waals surface area contributed by atoms with Crippen molar-refractivity contribution < 1.29 is 9.53 Å². The summed E-state index contributed by atoms with van der Waals surface area (Å²) in [7, 11) is 0. The molecule has 0 spiro atoms. The number of hydrogen-bond acceptors (Lipinski definition) is 3. The van der Waals surface area contributed by atoms with Crippen molar-refractivity contribution in [2.24, 2.45) is 5.73 Å². The highest BCUT2D eigenvalue weighted by atomic mass is 35.5. The Morgan fingerprint density at radius 2 is 2.25 bits per heavy atom. The summed E-state index contributed by atoms with van der Waals surface area (Å²) in [5, 5.41) is 3.15. The first-order valence-corrected chi connectivity index (χ1v) is 6.74. The van der Waals surface area contributed by atoms with E-state index in [-0.39, 0.29) is 18.5 Å². The highest BCUT2D eigenvalue weighted by Gasteiger charge is 2.17. The number of carbonyl (C=O) groups is 1. The molecule has 108 valence electrons. The van der Waals surface area contributed by atoms with E-state index < -0.39 is 6.10 Å². The highest BCUT2D eigenvalue weighted by molar-refractivity contribution is 6.31. The first-order valence-electron chi connectivity index (χ1n) is 6.36. The summed E-state index contributed by atoms with van der Waals surface area (Å²) in [4.78, 5) is 11.7. The third-order valence-electron chi connectivity index (χ3n) is 2.64. The second kappa shape index (κ2) is 7.78. The number of nitrogens with two attached hydrogens (primary N) is 1. The zero-order chi connectivity index (χ0) is 15.1. The van der Waals surface area contributed by atoms with Gasteiger partial charge in [0.25, 0.3) is 5.91 Å². The Labute approximate surface area is 124 Å². The van der Waals surface area contributed by atoms with Crippen LogP contribution in [-0.2, 0) is 11.2 Å². The maximum Gasteiger partial charge on any atom is 0.261 e. The van der Waals surface area contributed by atoms with Crippen LogP contribution in [0.1, 0.15) is 19.4 Å². The van der Waals surface area contributed by atoms with Gasteiger partial charge >= 0.3 is 0 Å². The van der Waals surface area contributed by atoms with Crippen LogP contribution in [-0.4, -0.2) is 24.6 Å². The third kappa shape index (κ3) is 4.76. The van der Waals surface area contributed by atoms with E-state index >= 15 is 0 Å². The monoisotopic (exact) mass is 294 g/mol. The second-order valence-electron chi connectivity index (χ2n) is 4.58. The number of amides is 1. The Morgan fingerprint density at radius 1 is 1.55 bits per heavy atom. The molecule has 2 atom stereocenters. The molecule has 0 saturated carbocycles. The molecular weight excluding hydrogens is 276 g/mol. The summed E-state index contributed by atoms with van der Waals surface area (Å²) in [6.45, 7) is 3.72. The Bertz CT molecular complexity index is 509. The summed E-state index contributed by atoms with van der Waals surface area (Å²) in [6, 6.07) is 5.26. The zero-order valence-electron chi connectivity index (χ0n) is 11.7. The van der Waals surface area contributed by atoms with E-state index in [0.717, 1.165) is 5.56 Å². The Morgan fingerprint density at radius 3 is 2.85 bits per heavy atom. The minimum atomic E-state index is -0.659. The van der Waals surface area contributed by atoms with E-state index in [4.69, 9.17) is 28.5 Å². The van der Waals surface area contributed by atoms with Gasteiger partial charge in [-0.05, 0) is 32.4 Å². The van der Waals surface area contributed by atoms with Gasteiger partial charge in [0.05, 0.1) is 6.54 Å². The van der Waals surface area contributed by atoms with Gasteiger partial charge in [0.1, 0.15) is 5.75 Å². The highest BCUT2D eigenvalue weighted by Crippen LogP contribution is 2.28. The maximum absolute atomic E-state index is 11.7. The van der Waals surface area contributed by atoms with Crippen LogP contribution in [0, 0.1) is 12.3 Å². The van der Waals surface area contributed by atoms with Crippen LogP contribution in [0.15, 0.2) is 18.2 Å². The van der Waals surface area contributed by atoms with Crippen molar-refractivity contribution in [3.8, 4) is 18.1 Å². The van der Waals surface area contributed by atoms with E-state index in [1.165, 1.54) is 0 Å². The number of ether oxygens (including phenoxy) is 1. The molecule has 2 unspecified atom stereocenters. The Hall–Kier alpha value is -1.70. The van der Waals surface area contributed by atoms with Gasteiger partial charge in [0.15, 0.2) is 6.10 Å². The van der Waals surface area contributed by atoms with Crippen molar-refractivity contribution in [2.45, 2.75) is 32.4 Å². The molecule has 20 heavy (non-hydrogen) atoms. The van der Waals surface area contributed by atoms with Gasteiger partial charge in [-0.25, -0.2) is 0 Å². The molecule has 0 fully saturated rings. The van der Waals surface area contributed by atoms with Crippen LogP contribution in [0.3, 0.4) is 0 Å². The molecule has 0 aromatic heterocycles. The molecule has 3 N–H and O–H groups in total. The predicted octanol–water partition coefficient (Wildman–Crippen LogP) is 1.75. The van der Waals surface area contributed by atoms with Gasteiger partial charge in [-0.1, -0.05) is 23.6 Å². The molecule has 5 heteroatoms. The number of carbonyl (C=O) groups excluding carboxylic acids is 1. The average Bonchev–Trinajstić information content (AvgIpc) is 2.39. The van der Waals surface area contributed by atoms with Gasteiger partial charge in [-0.3, -0.25) is 4.79 Å². The number of rotatable bonds is 6. The van der Waals surface area contributed by atoms with Crippen molar-refractivity contribution in [2.75, 3.05) is 6.54 Å². The molecule has 0 aliphatic carbocycles. The lowest BCUT2D eigenvalue weighted by Gasteiger charge is -2.18. The molecule has 0 aliphatic rings. The first kappa shape index (κ1) is 16.4. The van der Waals surface area contributed by atoms with E-state index in [0.29, 0.717) is 17.2 Å². The lowest BCUT2D eigenvalue weighted by molar-refractivity contribution is -0.127. The van der Waals surface area contributed by atoms with E-state index in [1.54, 1.807) is 25.1 Å². The number of nitrogens with one attached hydrogen (secondary N) is 1. The number of halogens is 1. The fourth-order valence-corrected chi connectivity index (χ4v) is 1.94. The molecule has 0 bridgehead atoms. The lowest BCUT2D eigenvalue weighted by Crippen LogP contribution is -2.36. The molecule has 0 saturated heterocycles. The number of benzene rings is 1. The maximum atomic E-state index is 11.7. The minimum Gasteiger partial charge on any atom is -0.481 e. The standard InChI is InChI=1S/C15H19ClN2O2/c1-4-8-18-15(19)11(3)20-14-7-5-6-13(16)12(14)9-10(2)17/h1,5-7,10-11H,8-9,17H2,2-3H3,(H,18,19). The normalized spacial score (nSPS) is 13.2. The molecule has 1 amide bonds. The van der Waals surface area contributed by atoms with Crippen molar-refractivity contribution in [3.05, 3.63) is 28.8 Å². The molecule has 1 aromatic carbocycles. The Kier molecular flexibility index (Phi) is 6.37. The zero-order valence-corrected chi connectivity index (χ0v) is 12.4. The largest absolute Gasteiger partial charge is 0.481 e. The molecule has 0 aliphatic heterocycles. The van der Waals surface area contributed by atoms with Gasteiger partial charge in [0.2, 0.25) is 0 Å². The van der Waals surface area contributed by atoms with Crippen molar-refractivity contribution in [1.29, 1.82) is 0 Å². The van der Waals surface area contributed by atoms with Crippen LogP contribution in [0.25, 0.3) is 0 Å². The summed E-state index contributed by atoms with van der Waals surface area (Å²) >= 11 is 6.16. The van der Waals surface area contributed by atoms with Gasteiger partial charge in [-0.15, -0.1) is 6.42 Å². The summed E-state index contributed by atoms with van der Waals surface area (Å²) in [5.74, 6) is 2.64. The van der Waals surface area contributed by atoms with Crippen LogP contribution < -0.4 is 15.8 Å². The van der Waals surface area contributed by atoms with E-state index in [9.17, 15) is 4.79 Å². The average molecular weight is 295 g/mol. The number of terminal acetylenes is 1. The fourth-order valence-electron chi connectivity index (χ4n) is 1.70. The van der Waals surface area contributed by atoms with Crippen LogP contribution >= 0.6 is 11.6 Å². The van der Waals surface area contributed by atoms with Crippen LogP contribution in [0.4, 0.5) is 0 Å². The van der Waals surface area contributed by atoms with Crippen molar-refractivity contribution >= 4 is 17.5 Å². The minimum absolute atomic E-state index is 0.0529. The molecule has 0 radical (unpaired) electrons.